The van der Waals surface area contributed by atoms with Crippen LogP contribution in [-0.4, -0.2) is 32.1 Å². The second-order valence-electron chi connectivity index (χ2n) is 5.24. The molecule has 0 saturated carbocycles. The van der Waals surface area contributed by atoms with Crippen LogP contribution in [0.15, 0.2) is 54.6 Å². The van der Waals surface area contributed by atoms with Crippen LogP contribution in [0.4, 0.5) is 0 Å². The molecule has 2 N–H and O–H groups in total. The van der Waals surface area contributed by atoms with E-state index in [1.165, 1.54) is 11.1 Å². The Labute approximate surface area is 127 Å². The van der Waals surface area contributed by atoms with Crippen molar-refractivity contribution in [1.82, 2.24) is 4.90 Å². The number of ether oxygens (including phenoxy) is 1. The van der Waals surface area contributed by atoms with Crippen molar-refractivity contribution in [2.45, 2.75) is 12.5 Å². The molecule has 0 heterocycles. The predicted octanol–water partition coefficient (Wildman–Crippen LogP) is 2.87. The van der Waals surface area contributed by atoms with Crippen molar-refractivity contribution in [2.75, 3.05) is 27.2 Å². The molecule has 1 atom stereocenters. The molecule has 2 aromatic rings. The summed E-state index contributed by atoms with van der Waals surface area (Å²) in [6, 6.07) is 18.9. The van der Waals surface area contributed by atoms with Crippen LogP contribution in [0, 0.1) is 0 Å². The maximum Gasteiger partial charge on any atom is 0.118 e. The first-order valence-corrected chi connectivity index (χ1v) is 7.32. The van der Waals surface area contributed by atoms with Gasteiger partial charge in [-0.1, -0.05) is 42.5 Å². The van der Waals surface area contributed by atoms with Crippen molar-refractivity contribution in [3.8, 4) is 5.75 Å². The number of methoxy groups -OCH3 is 1. The van der Waals surface area contributed by atoms with Crippen molar-refractivity contribution < 1.29 is 4.74 Å². The summed E-state index contributed by atoms with van der Waals surface area (Å²) in [6.07, 6.45) is 1.03. The third-order valence-corrected chi connectivity index (χ3v) is 3.85. The Balaban J connectivity index is 1.98. The molecule has 0 aliphatic carbocycles. The normalized spacial score (nSPS) is 12.4. The Kier molecular flexibility index (Phi) is 5.78. The molecule has 112 valence electrons. The molecular weight excluding hydrogens is 260 g/mol. The lowest BCUT2D eigenvalue weighted by atomic mass is 10.0. The van der Waals surface area contributed by atoms with E-state index in [2.05, 4.69) is 48.3 Å². The Hall–Kier alpha value is -1.84. The van der Waals surface area contributed by atoms with E-state index in [4.69, 9.17) is 10.5 Å². The van der Waals surface area contributed by atoms with Crippen LogP contribution >= 0.6 is 0 Å². The Bertz CT molecular complexity index is 525. The number of hydrogen-bond donors (Lipinski definition) is 1. The summed E-state index contributed by atoms with van der Waals surface area (Å²) >= 11 is 0. The molecular formula is C18H24N2O. The van der Waals surface area contributed by atoms with E-state index >= 15 is 0 Å². The highest BCUT2D eigenvalue weighted by Gasteiger charge is 2.15. The maximum absolute atomic E-state index is 5.97. The van der Waals surface area contributed by atoms with E-state index in [0.29, 0.717) is 6.54 Å². The summed E-state index contributed by atoms with van der Waals surface area (Å²) in [7, 11) is 3.81. The molecule has 0 aliphatic rings. The number of hydrogen-bond acceptors (Lipinski definition) is 3. The zero-order valence-electron chi connectivity index (χ0n) is 12.8. The van der Waals surface area contributed by atoms with Crippen molar-refractivity contribution in [3.05, 3.63) is 65.7 Å². The third kappa shape index (κ3) is 4.31. The summed E-state index contributed by atoms with van der Waals surface area (Å²) in [5.74, 6) is 0.876. The Morgan fingerprint density at radius 2 is 1.71 bits per heavy atom. The molecule has 2 aromatic carbocycles. The second-order valence-corrected chi connectivity index (χ2v) is 5.24. The molecule has 3 nitrogen and oxygen atoms in total. The molecule has 0 amide bonds. The van der Waals surface area contributed by atoms with Crippen LogP contribution in [0.25, 0.3) is 0 Å². The smallest absolute Gasteiger partial charge is 0.118 e. The van der Waals surface area contributed by atoms with E-state index < -0.39 is 0 Å². The first-order valence-electron chi connectivity index (χ1n) is 7.32. The van der Waals surface area contributed by atoms with E-state index in [1.54, 1.807) is 7.11 Å². The van der Waals surface area contributed by atoms with Crippen LogP contribution in [-0.2, 0) is 6.42 Å². The lowest BCUT2D eigenvalue weighted by Crippen LogP contribution is -2.32. The van der Waals surface area contributed by atoms with Gasteiger partial charge in [-0.3, -0.25) is 4.90 Å². The fourth-order valence-corrected chi connectivity index (χ4v) is 2.50. The van der Waals surface area contributed by atoms with Gasteiger partial charge in [-0.05, 0) is 36.7 Å². The number of nitrogens with two attached hydrogens (primary N) is 1. The van der Waals surface area contributed by atoms with Gasteiger partial charge in [-0.2, -0.15) is 0 Å². The van der Waals surface area contributed by atoms with Gasteiger partial charge in [-0.25, -0.2) is 0 Å². The zero-order valence-corrected chi connectivity index (χ0v) is 12.8. The topological polar surface area (TPSA) is 38.5 Å². The van der Waals surface area contributed by atoms with Crippen molar-refractivity contribution >= 4 is 0 Å². The van der Waals surface area contributed by atoms with Crippen LogP contribution in [0.3, 0.4) is 0 Å². The van der Waals surface area contributed by atoms with Gasteiger partial charge in [0, 0.05) is 19.1 Å². The van der Waals surface area contributed by atoms with Gasteiger partial charge in [0.1, 0.15) is 5.75 Å². The van der Waals surface area contributed by atoms with Gasteiger partial charge >= 0.3 is 0 Å². The molecule has 1 unspecified atom stereocenters. The lowest BCUT2D eigenvalue weighted by Gasteiger charge is -2.27. The van der Waals surface area contributed by atoms with Gasteiger partial charge in [0.25, 0.3) is 0 Å². The minimum absolute atomic E-state index is 0.236. The molecule has 0 fully saturated rings. The van der Waals surface area contributed by atoms with Crippen molar-refractivity contribution in [1.29, 1.82) is 0 Å². The van der Waals surface area contributed by atoms with E-state index in [0.717, 1.165) is 18.7 Å². The first kappa shape index (κ1) is 15.5. The average Bonchev–Trinajstić information content (AvgIpc) is 2.55. The summed E-state index contributed by atoms with van der Waals surface area (Å²) in [5, 5.41) is 0. The predicted molar refractivity (Wildman–Crippen MR) is 87.6 cm³/mol. The molecule has 0 aliphatic heterocycles. The SMILES string of the molecule is COc1ccc(C(CN)N(C)CCc2ccccc2)cc1. The minimum atomic E-state index is 0.236. The molecule has 0 aromatic heterocycles. The number of nitrogens with zero attached hydrogens (tertiary/aromatic N) is 1. The number of benzene rings is 2. The molecule has 3 heteroatoms. The molecule has 2 rings (SSSR count). The van der Waals surface area contributed by atoms with E-state index in [-0.39, 0.29) is 6.04 Å². The molecule has 0 bridgehead atoms. The second kappa shape index (κ2) is 7.81. The number of likely N-dealkylation sites (N-methyl/N-ethyl adjacent to an activating group) is 1. The summed E-state index contributed by atoms with van der Waals surface area (Å²) in [6.45, 7) is 1.59. The molecule has 0 saturated heterocycles. The molecule has 21 heavy (non-hydrogen) atoms. The van der Waals surface area contributed by atoms with Crippen LogP contribution in [0.1, 0.15) is 17.2 Å². The Morgan fingerprint density at radius 3 is 2.29 bits per heavy atom. The van der Waals surface area contributed by atoms with Gasteiger partial charge in [-0.15, -0.1) is 0 Å². The summed E-state index contributed by atoms with van der Waals surface area (Å²) < 4.78 is 5.20. The monoisotopic (exact) mass is 284 g/mol. The fourth-order valence-electron chi connectivity index (χ4n) is 2.50. The highest BCUT2D eigenvalue weighted by Crippen LogP contribution is 2.21. The third-order valence-electron chi connectivity index (χ3n) is 3.85. The van der Waals surface area contributed by atoms with E-state index in [1.807, 2.05) is 18.2 Å². The molecule has 0 radical (unpaired) electrons. The summed E-state index contributed by atoms with van der Waals surface area (Å²) in [5.41, 5.74) is 8.56. The average molecular weight is 284 g/mol. The van der Waals surface area contributed by atoms with Gasteiger partial charge in [0.05, 0.1) is 7.11 Å². The largest absolute Gasteiger partial charge is 0.497 e. The van der Waals surface area contributed by atoms with Crippen molar-refractivity contribution in [3.63, 3.8) is 0 Å². The lowest BCUT2D eigenvalue weighted by molar-refractivity contribution is 0.253. The fraction of sp³-hybridized carbons (Fsp3) is 0.333. The first-order chi connectivity index (χ1) is 10.2. The van der Waals surface area contributed by atoms with Crippen molar-refractivity contribution in [2.24, 2.45) is 5.73 Å². The number of rotatable bonds is 7. The van der Waals surface area contributed by atoms with Gasteiger partial charge in [0.15, 0.2) is 0 Å². The van der Waals surface area contributed by atoms with E-state index in [9.17, 15) is 0 Å². The van der Waals surface area contributed by atoms with Crippen LogP contribution in [0.5, 0.6) is 5.75 Å². The molecule has 0 spiro atoms. The standard InChI is InChI=1S/C18H24N2O/c1-20(13-12-15-6-4-3-5-7-15)18(14-19)16-8-10-17(21-2)11-9-16/h3-11,18H,12-14,19H2,1-2H3. The van der Waals surface area contributed by atoms with Gasteiger partial charge < -0.3 is 10.5 Å². The Morgan fingerprint density at radius 1 is 1.05 bits per heavy atom. The zero-order chi connectivity index (χ0) is 15.1. The summed E-state index contributed by atoms with van der Waals surface area (Å²) in [4.78, 5) is 2.31. The minimum Gasteiger partial charge on any atom is -0.497 e. The highest BCUT2D eigenvalue weighted by atomic mass is 16.5. The maximum atomic E-state index is 5.97. The highest BCUT2D eigenvalue weighted by molar-refractivity contribution is 5.29. The quantitative estimate of drug-likeness (QED) is 0.849. The van der Waals surface area contributed by atoms with Gasteiger partial charge in [0.2, 0.25) is 0 Å². The van der Waals surface area contributed by atoms with Crippen LogP contribution < -0.4 is 10.5 Å². The van der Waals surface area contributed by atoms with Crippen LogP contribution in [0.2, 0.25) is 0 Å².